The molecule has 0 saturated carbocycles. The van der Waals surface area contributed by atoms with E-state index < -0.39 is 10.3 Å². The van der Waals surface area contributed by atoms with Gasteiger partial charge in [-0.15, -0.1) is 0 Å². The number of hydrogen-bond donors (Lipinski definition) is 2. The van der Waals surface area contributed by atoms with Crippen molar-refractivity contribution < 1.29 is 8.42 Å². The summed E-state index contributed by atoms with van der Waals surface area (Å²) in [4.78, 5) is 0.336. The van der Waals surface area contributed by atoms with E-state index in [1.165, 1.54) is 0 Å². The van der Waals surface area contributed by atoms with E-state index in [0.29, 0.717) is 18.0 Å². The van der Waals surface area contributed by atoms with Gasteiger partial charge in [0.1, 0.15) is 4.99 Å². The highest BCUT2D eigenvalue weighted by molar-refractivity contribution is 7.73. The molecule has 0 aliphatic carbocycles. The zero-order valence-electron chi connectivity index (χ0n) is 7.45. The molecule has 1 aliphatic heterocycles. The number of para-hydroxylation sites is 2. The molecule has 1 aromatic carbocycles. The first-order valence-corrected chi connectivity index (χ1v) is 5.40. The molecule has 0 bridgehead atoms. The van der Waals surface area contributed by atoms with Crippen molar-refractivity contribution in [2.24, 2.45) is 0 Å². The summed E-state index contributed by atoms with van der Waals surface area (Å²) >= 11 is 0. The summed E-state index contributed by atoms with van der Waals surface area (Å²) in [6.45, 7) is 0.632. The van der Waals surface area contributed by atoms with Gasteiger partial charge in [0.05, 0.1) is 11.4 Å². The zero-order chi connectivity index (χ0) is 9.97. The molecule has 0 amide bonds. The number of rotatable bonds is 0. The first kappa shape index (κ1) is 9.08. The second kappa shape index (κ2) is 3.71. The largest absolute Gasteiger partial charge is 0.383 e. The van der Waals surface area contributed by atoms with Crippen LogP contribution in [0, 0.1) is 0 Å². The summed E-state index contributed by atoms with van der Waals surface area (Å²) in [7, 11) is -2.15. The van der Waals surface area contributed by atoms with Gasteiger partial charge in [0.25, 0.3) is 0 Å². The second-order valence-electron chi connectivity index (χ2n) is 3.01. The Labute approximate surface area is 83.5 Å². The summed E-state index contributed by atoms with van der Waals surface area (Å²) in [5.74, 6) is 0. The smallest absolute Gasteiger partial charge is 0.233 e. The lowest BCUT2D eigenvalue weighted by atomic mass is 10.3. The van der Waals surface area contributed by atoms with Gasteiger partial charge in [-0.25, -0.2) is 0 Å². The molecule has 1 aromatic rings. The minimum atomic E-state index is -2.15. The van der Waals surface area contributed by atoms with Gasteiger partial charge in [-0.05, 0) is 12.1 Å². The van der Waals surface area contributed by atoms with Crippen LogP contribution in [0.2, 0.25) is 0 Å². The van der Waals surface area contributed by atoms with Crippen molar-refractivity contribution in [2.45, 2.75) is 6.42 Å². The van der Waals surface area contributed by atoms with E-state index >= 15 is 0 Å². The lowest BCUT2D eigenvalue weighted by molar-refractivity contribution is 0.626. The standard InChI is InChI=1S/C9H10N2O2S/c12-14(13)9-5-6-10-7-3-1-2-4-8(7)11-9/h1-4,10-11H,5-6H2. The maximum atomic E-state index is 10.8. The first-order valence-electron chi connectivity index (χ1n) is 4.32. The summed E-state index contributed by atoms with van der Waals surface area (Å²) in [5, 5.41) is 6.05. The Morgan fingerprint density at radius 3 is 2.57 bits per heavy atom. The van der Waals surface area contributed by atoms with Crippen molar-refractivity contribution in [3.05, 3.63) is 24.3 Å². The Morgan fingerprint density at radius 2 is 1.86 bits per heavy atom. The van der Waals surface area contributed by atoms with E-state index in [9.17, 15) is 8.42 Å². The molecule has 0 atom stereocenters. The van der Waals surface area contributed by atoms with Crippen molar-refractivity contribution in [3.63, 3.8) is 0 Å². The van der Waals surface area contributed by atoms with E-state index in [1.54, 1.807) is 0 Å². The third-order valence-corrected chi connectivity index (χ3v) is 2.78. The van der Waals surface area contributed by atoms with Crippen molar-refractivity contribution in [2.75, 3.05) is 17.2 Å². The molecule has 2 rings (SSSR count). The number of nitrogens with one attached hydrogen (secondary N) is 2. The molecule has 5 heteroatoms. The SMILES string of the molecule is O=S(=O)=C1CCNc2ccccc2N1. The van der Waals surface area contributed by atoms with Crippen LogP contribution in [0.15, 0.2) is 24.3 Å². The Hall–Kier alpha value is -1.49. The summed E-state index contributed by atoms with van der Waals surface area (Å²) < 4.78 is 21.6. The number of benzene rings is 1. The topological polar surface area (TPSA) is 58.2 Å². The van der Waals surface area contributed by atoms with Gasteiger partial charge in [-0.3, -0.25) is 0 Å². The molecular weight excluding hydrogens is 200 g/mol. The molecule has 1 aliphatic rings. The van der Waals surface area contributed by atoms with E-state index in [2.05, 4.69) is 10.6 Å². The van der Waals surface area contributed by atoms with E-state index in [0.717, 1.165) is 11.4 Å². The maximum Gasteiger partial charge on any atom is 0.233 e. The molecule has 1 heterocycles. The normalized spacial score (nSPS) is 14.7. The molecule has 0 spiro atoms. The quantitative estimate of drug-likeness (QED) is 0.625. The Kier molecular flexibility index (Phi) is 2.41. The average molecular weight is 210 g/mol. The second-order valence-corrected chi connectivity index (χ2v) is 3.97. The maximum absolute atomic E-state index is 10.8. The minimum absolute atomic E-state index is 0.336. The van der Waals surface area contributed by atoms with Gasteiger partial charge in [0.2, 0.25) is 10.3 Å². The summed E-state index contributed by atoms with van der Waals surface area (Å²) in [6, 6.07) is 7.54. The van der Waals surface area contributed by atoms with Gasteiger partial charge < -0.3 is 10.6 Å². The van der Waals surface area contributed by atoms with Gasteiger partial charge in [-0.1, -0.05) is 12.1 Å². The van der Waals surface area contributed by atoms with Crippen molar-refractivity contribution in [3.8, 4) is 0 Å². The van der Waals surface area contributed by atoms with Crippen LogP contribution < -0.4 is 10.6 Å². The fourth-order valence-electron chi connectivity index (χ4n) is 1.39. The third kappa shape index (κ3) is 1.72. The van der Waals surface area contributed by atoms with Crippen LogP contribution in [0.3, 0.4) is 0 Å². The van der Waals surface area contributed by atoms with Crippen LogP contribution in [-0.4, -0.2) is 20.0 Å². The van der Waals surface area contributed by atoms with E-state index in [-0.39, 0.29) is 0 Å². The van der Waals surface area contributed by atoms with Gasteiger partial charge in [0, 0.05) is 13.0 Å². The lowest BCUT2D eigenvalue weighted by Crippen LogP contribution is -2.12. The van der Waals surface area contributed by atoms with Crippen LogP contribution >= 0.6 is 0 Å². The van der Waals surface area contributed by atoms with Crippen molar-refractivity contribution in [1.29, 1.82) is 0 Å². The molecule has 4 nitrogen and oxygen atoms in total. The van der Waals surface area contributed by atoms with Crippen LogP contribution in [-0.2, 0) is 10.3 Å². The van der Waals surface area contributed by atoms with E-state index in [4.69, 9.17) is 0 Å². The highest BCUT2D eigenvalue weighted by Crippen LogP contribution is 2.22. The average Bonchev–Trinajstić information content (AvgIpc) is 2.39. The first-order chi connectivity index (χ1) is 6.77. The summed E-state index contributed by atoms with van der Waals surface area (Å²) in [5.41, 5.74) is 1.75. The fourth-order valence-corrected chi connectivity index (χ4v) is 1.86. The van der Waals surface area contributed by atoms with Crippen molar-refractivity contribution in [1.82, 2.24) is 0 Å². The van der Waals surface area contributed by atoms with Crippen LogP contribution in [0.5, 0.6) is 0 Å². The molecular formula is C9H10N2O2S. The number of fused-ring (bicyclic) bond motifs is 1. The molecule has 74 valence electrons. The highest BCUT2D eigenvalue weighted by Gasteiger charge is 2.10. The number of hydrogen-bond acceptors (Lipinski definition) is 3. The zero-order valence-corrected chi connectivity index (χ0v) is 8.26. The molecule has 2 N–H and O–H groups in total. The molecule has 0 aromatic heterocycles. The Morgan fingerprint density at radius 1 is 1.14 bits per heavy atom. The van der Waals surface area contributed by atoms with Gasteiger partial charge >= 0.3 is 0 Å². The Bertz CT molecular complexity index is 471. The lowest BCUT2D eigenvalue weighted by Gasteiger charge is -2.06. The fraction of sp³-hybridized carbons (Fsp3) is 0.222. The molecule has 0 radical (unpaired) electrons. The van der Waals surface area contributed by atoms with Gasteiger partial charge in [0.15, 0.2) is 0 Å². The van der Waals surface area contributed by atoms with E-state index in [1.807, 2.05) is 24.3 Å². The Balaban J connectivity index is 2.46. The van der Waals surface area contributed by atoms with Crippen LogP contribution in [0.25, 0.3) is 0 Å². The van der Waals surface area contributed by atoms with Crippen molar-refractivity contribution >= 4 is 26.7 Å². The molecule has 0 unspecified atom stereocenters. The predicted molar refractivity (Wildman–Crippen MR) is 57.1 cm³/mol. The van der Waals surface area contributed by atoms with Crippen LogP contribution in [0.1, 0.15) is 6.42 Å². The van der Waals surface area contributed by atoms with Gasteiger partial charge in [-0.2, -0.15) is 8.42 Å². The third-order valence-electron chi connectivity index (χ3n) is 2.07. The molecule has 0 fully saturated rings. The molecule has 0 saturated heterocycles. The monoisotopic (exact) mass is 210 g/mol. The van der Waals surface area contributed by atoms with Crippen LogP contribution in [0.4, 0.5) is 11.4 Å². The molecule has 14 heavy (non-hydrogen) atoms. The number of anilines is 2. The predicted octanol–water partition coefficient (Wildman–Crippen LogP) is 0.923. The minimum Gasteiger partial charge on any atom is -0.383 e. The summed E-state index contributed by atoms with van der Waals surface area (Å²) in [6.07, 6.45) is 0.491. The highest BCUT2D eigenvalue weighted by atomic mass is 32.2.